The number of rotatable bonds is 4. The van der Waals surface area contributed by atoms with Gasteiger partial charge in [0, 0.05) is 31.2 Å². The zero-order valence-electron chi connectivity index (χ0n) is 19.1. The third-order valence-corrected chi connectivity index (χ3v) is 6.52. The van der Waals surface area contributed by atoms with Crippen LogP contribution >= 0.6 is 0 Å². The fourth-order valence-corrected chi connectivity index (χ4v) is 4.63. The average Bonchev–Trinajstić information content (AvgIpc) is 2.82. The number of halogens is 3. The predicted molar refractivity (Wildman–Crippen MR) is 122 cm³/mol. The number of aromatic nitrogens is 3. The Kier molecular flexibility index (Phi) is 6.32. The summed E-state index contributed by atoms with van der Waals surface area (Å²) in [5.41, 5.74) is 0.864. The van der Waals surface area contributed by atoms with Crippen molar-refractivity contribution in [2.24, 2.45) is 0 Å². The third-order valence-electron chi connectivity index (χ3n) is 6.52. The van der Waals surface area contributed by atoms with E-state index in [-0.39, 0.29) is 23.8 Å². The summed E-state index contributed by atoms with van der Waals surface area (Å²) in [6, 6.07) is 10.5. The molecule has 7 nitrogen and oxygen atoms in total. The molecule has 10 heteroatoms. The first-order valence-corrected chi connectivity index (χ1v) is 11.1. The second kappa shape index (κ2) is 9.06. The van der Waals surface area contributed by atoms with Crippen LogP contribution in [0.2, 0.25) is 0 Å². The van der Waals surface area contributed by atoms with Crippen LogP contribution < -0.4 is 10.6 Å². The van der Waals surface area contributed by atoms with Gasteiger partial charge < -0.3 is 9.88 Å². The number of nitrogens with one attached hydrogen (secondary N) is 1. The number of hydrogen-bond acceptors (Lipinski definition) is 6. The van der Waals surface area contributed by atoms with Crippen molar-refractivity contribution in [3.8, 4) is 6.07 Å². The highest BCUT2D eigenvalue weighted by atomic mass is 19.4. The minimum absolute atomic E-state index is 0.0512. The highest BCUT2D eigenvalue weighted by Crippen LogP contribution is 2.34. The summed E-state index contributed by atoms with van der Waals surface area (Å²) in [5, 5.41) is 9.26. The molecule has 178 valence electrons. The van der Waals surface area contributed by atoms with Crippen LogP contribution in [0, 0.1) is 11.3 Å². The number of piperazine rings is 1. The molecule has 0 spiro atoms. The van der Waals surface area contributed by atoms with E-state index < -0.39 is 17.4 Å². The molecule has 1 aromatic carbocycles. The predicted octanol–water partition coefficient (Wildman–Crippen LogP) is 4.26. The van der Waals surface area contributed by atoms with Gasteiger partial charge in [-0.1, -0.05) is 19.1 Å². The van der Waals surface area contributed by atoms with Gasteiger partial charge in [-0.3, -0.25) is 4.90 Å². The number of aromatic amines is 1. The Hall–Kier alpha value is -3.45. The summed E-state index contributed by atoms with van der Waals surface area (Å²) in [7, 11) is 0. The van der Waals surface area contributed by atoms with Crippen molar-refractivity contribution in [1.82, 2.24) is 19.9 Å². The Morgan fingerprint density at radius 1 is 1.18 bits per heavy atom. The maximum Gasteiger partial charge on any atom is 0.416 e. The Labute approximate surface area is 194 Å². The zero-order chi connectivity index (χ0) is 24.6. The molecule has 0 aliphatic carbocycles. The van der Waals surface area contributed by atoms with Crippen LogP contribution in [-0.4, -0.2) is 45.0 Å². The summed E-state index contributed by atoms with van der Waals surface area (Å²) in [6.07, 6.45) is -3.57. The normalized spacial score (nSPS) is 20.3. The Balaban J connectivity index is 1.65. The maximum absolute atomic E-state index is 13.0. The molecule has 1 N–H and O–H groups in total. The highest BCUT2D eigenvalue weighted by molar-refractivity contribution is 5.86. The largest absolute Gasteiger partial charge is 0.416 e. The van der Waals surface area contributed by atoms with Crippen molar-refractivity contribution < 1.29 is 13.2 Å². The molecular weight excluding hydrogens is 445 g/mol. The molecule has 34 heavy (non-hydrogen) atoms. The molecule has 1 aliphatic rings. The summed E-state index contributed by atoms with van der Waals surface area (Å²) in [6.45, 7) is 7.25. The van der Waals surface area contributed by atoms with Crippen molar-refractivity contribution in [2.75, 3.05) is 18.0 Å². The summed E-state index contributed by atoms with van der Waals surface area (Å²) in [4.78, 5) is 27.8. The van der Waals surface area contributed by atoms with Crippen LogP contribution in [0.4, 0.5) is 19.0 Å². The topological polar surface area (TPSA) is 88.9 Å². The molecule has 3 aromatic rings. The minimum atomic E-state index is -4.36. The van der Waals surface area contributed by atoms with Gasteiger partial charge in [-0.25, -0.2) is 9.78 Å². The van der Waals surface area contributed by atoms with E-state index in [4.69, 9.17) is 0 Å². The van der Waals surface area contributed by atoms with Gasteiger partial charge in [-0.15, -0.1) is 0 Å². The first-order chi connectivity index (χ1) is 16.1. The van der Waals surface area contributed by atoms with E-state index >= 15 is 0 Å². The SMILES string of the molecule is CC[C@@H]1CN(c2nc(=O)[nH]c3ccc(C#N)nc23)[C@@H](C)CN1C(C)c1ccc(C(F)(F)F)cc1. The van der Waals surface area contributed by atoms with E-state index in [1.165, 1.54) is 12.1 Å². The number of fused-ring (bicyclic) bond motifs is 1. The summed E-state index contributed by atoms with van der Waals surface area (Å²) in [5.74, 6) is 0.434. The number of anilines is 1. The standard InChI is InChI=1S/C24H25F3N6O/c1-4-19-13-32(22-21-20(30-23(34)31-22)10-9-18(11-28)29-21)14(2)12-33(19)15(3)16-5-7-17(8-6-16)24(25,26)27/h5-10,14-15,19H,4,12-13H2,1-3H3,(H,30,31,34)/t14-,15?,19+/m0/s1. The molecule has 1 saturated heterocycles. The number of H-pyrrole nitrogens is 1. The van der Waals surface area contributed by atoms with E-state index in [0.29, 0.717) is 29.9 Å². The monoisotopic (exact) mass is 470 g/mol. The van der Waals surface area contributed by atoms with Gasteiger partial charge in [0.05, 0.1) is 11.1 Å². The zero-order valence-corrected chi connectivity index (χ0v) is 19.1. The van der Waals surface area contributed by atoms with Crippen LogP contribution in [0.3, 0.4) is 0 Å². The number of alkyl halides is 3. The van der Waals surface area contributed by atoms with Crippen LogP contribution in [0.15, 0.2) is 41.2 Å². The van der Waals surface area contributed by atoms with Gasteiger partial charge in [0.25, 0.3) is 0 Å². The quantitative estimate of drug-likeness (QED) is 0.613. The van der Waals surface area contributed by atoms with E-state index in [1.54, 1.807) is 12.1 Å². The number of benzene rings is 1. The first kappa shape index (κ1) is 23.7. The molecule has 0 radical (unpaired) electrons. The molecule has 3 atom stereocenters. The lowest BCUT2D eigenvalue weighted by Gasteiger charge is -2.48. The lowest BCUT2D eigenvalue weighted by atomic mass is 9.98. The van der Waals surface area contributed by atoms with Crippen molar-refractivity contribution in [2.45, 2.75) is 51.5 Å². The second-order valence-corrected chi connectivity index (χ2v) is 8.63. The maximum atomic E-state index is 13.0. The molecule has 1 fully saturated rings. The molecule has 1 unspecified atom stereocenters. The smallest absolute Gasteiger partial charge is 0.349 e. The fraction of sp³-hybridized carbons (Fsp3) is 0.417. The van der Waals surface area contributed by atoms with Gasteiger partial charge in [0.15, 0.2) is 5.82 Å². The Morgan fingerprint density at radius 3 is 2.50 bits per heavy atom. The highest BCUT2D eigenvalue weighted by Gasteiger charge is 2.36. The van der Waals surface area contributed by atoms with Crippen LogP contribution in [0.25, 0.3) is 11.0 Å². The Morgan fingerprint density at radius 2 is 1.88 bits per heavy atom. The van der Waals surface area contributed by atoms with Gasteiger partial charge in [0.2, 0.25) is 0 Å². The van der Waals surface area contributed by atoms with E-state index in [2.05, 4.69) is 26.8 Å². The number of nitrogens with zero attached hydrogens (tertiary/aromatic N) is 5. The van der Waals surface area contributed by atoms with Crippen LogP contribution in [0.5, 0.6) is 0 Å². The minimum Gasteiger partial charge on any atom is -0.349 e. The summed E-state index contributed by atoms with van der Waals surface area (Å²) < 4.78 is 38.9. The van der Waals surface area contributed by atoms with E-state index in [9.17, 15) is 23.2 Å². The average molecular weight is 470 g/mol. The molecule has 0 saturated carbocycles. The number of hydrogen-bond donors (Lipinski definition) is 1. The van der Waals surface area contributed by atoms with Crippen molar-refractivity contribution in [3.05, 3.63) is 63.7 Å². The molecule has 3 heterocycles. The molecule has 4 rings (SSSR count). The van der Waals surface area contributed by atoms with Crippen molar-refractivity contribution >= 4 is 16.9 Å². The number of pyridine rings is 1. The van der Waals surface area contributed by atoms with Gasteiger partial charge in [0.1, 0.15) is 17.3 Å². The van der Waals surface area contributed by atoms with Crippen LogP contribution in [-0.2, 0) is 6.18 Å². The molecular formula is C24H25F3N6O. The first-order valence-electron chi connectivity index (χ1n) is 11.1. The van der Waals surface area contributed by atoms with E-state index in [1.807, 2.05) is 24.8 Å². The second-order valence-electron chi connectivity index (χ2n) is 8.63. The number of nitriles is 1. The van der Waals surface area contributed by atoms with Crippen molar-refractivity contribution in [1.29, 1.82) is 5.26 Å². The van der Waals surface area contributed by atoms with Gasteiger partial charge >= 0.3 is 11.9 Å². The van der Waals surface area contributed by atoms with Crippen molar-refractivity contribution in [3.63, 3.8) is 0 Å². The Bertz CT molecular complexity index is 1280. The molecule has 0 amide bonds. The molecule has 1 aliphatic heterocycles. The van der Waals surface area contributed by atoms with Gasteiger partial charge in [-0.05, 0) is 50.1 Å². The van der Waals surface area contributed by atoms with E-state index in [0.717, 1.165) is 24.1 Å². The summed E-state index contributed by atoms with van der Waals surface area (Å²) >= 11 is 0. The molecule has 2 aromatic heterocycles. The van der Waals surface area contributed by atoms with Crippen LogP contribution in [0.1, 0.15) is 50.1 Å². The third kappa shape index (κ3) is 4.48. The lowest BCUT2D eigenvalue weighted by Crippen LogP contribution is -2.58. The van der Waals surface area contributed by atoms with Gasteiger partial charge in [-0.2, -0.15) is 23.4 Å². The fourth-order valence-electron chi connectivity index (χ4n) is 4.63. The molecule has 0 bridgehead atoms. The lowest BCUT2D eigenvalue weighted by molar-refractivity contribution is -0.137.